The van der Waals surface area contributed by atoms with E-state index >= 15 is 0 Å². The second-order valence-electron chi connectivity index (χ2n) is 7.11. The maximum Gasteiger partial charge on any atom is 0.0642 e. The summed E-state index contributed by atoms with van der Waals surface area (Å²) in [7, 11) is 0. The van der Waals surface area contributed by atoms with Crippen LogP contribution < -0.4 is 5.32 Å². The van der Waals surface area contributed by atoms with Gasteiger partial charge in [0.15, 0.2) is 0 Å². The Balaban J connectivity index is 1.70. The monoisotopic (exact) mass is 356 g/mol. The van der Waals surface area contributed by atoms with Gasteiger partial charge in [-0.1, -0.05) is 96.2 Å². The highest BCUT2D eigenvalue weighted by molar-refractivity contribution is 5.89. The van der Waals surface area contributed by atoms with Gasteiger partial charge in [-0.05, 0) is 23.1 Å². The van der Waals surface area contributed by atoms with Crippen LogP contribution in [0.3, 0.4) is 0 Å². The van der Waals surface area contributed by atoms with Crippen LogP contribution in [0.25, 0.3) is 0 Å². The lowest BCUT2D eigenvalue weighted by Gasteiger charge is -2.39. The van der Waals surface area contributed by atoms with Gasteiger partial charge in [-0.3, -0.25) is 0 Å². The molecule has 0 spiro atoms. The summed E-state index contributed by atoms with van der Waals surface area (Å²) in [6, 6.07) is 31.5. The Labute approximate surface area is 160 Å². The number of rotatable bonds is 4. The molecule has 0 aliphatic carbocycles. The zero-order valence-corrected chi connectivity index (χ0v) is 15.2. The molecule has 0 bridgehead atoms. The molecule has 0 radical (unpaired) electrons. The van der Waals surface area contributed by atoms with Crippen LogP contribution >= 0.6 is 0 Å². The number of nitrogens with zero attached hydrogens (tertiary/aromatic N) is 1. The highest BCUT2D eigenvalue weighted by Crippen LogP contribution is 2.37. The molecule has 2 N–H and O–H groups in total. The predicted molar refractivity (Wildman–Crippen MR) is 109 cm³/mol. The maximum atomic E-state index is 9.83. The number of piperidine rings is 1. The molecular weight excluding hydrogens is 332 g/mol. The minimum absolute atomic E-state index is 0.0938. The average molecular weight is 356 g/mol. The van der Waals surface area contributed by atoms with Gasteiger partial charge < -0.3 is 10.5 Å². The van der Waals surface area contributed by atoms with Crippen molar-refractivity contribution in [2.75, 3.05) is 0 Å². The van der Waals surface area contributed by atoms with E-state index in [0.717, 1.165) is 12.1 Å². The van der Waals surface area contributed by atoms with Crippen LogP contribution in [-0.4, -0.2) is 10.9 Å². The Bertz CT molecular complexity index is 878. The SMILES string of the molecule is ON=C1C[C@@H](c2ccccc2)N[C@H](c2ccccc2)[C@@H]1Cc1ccccc1. The van der Waals surface area contributed by atoms with Gasteiger partial charge >= 0.3 is 0 Å². The van der Waals surface area contributed by atoms with Crippen molar-refractivity contribution in [1.29, 1.82) is 0 Å². The number of oxime groups is 1. The molecule has 0 unspecified atom stereocenters. The third kappa shape index (κ3) is 3.93. The molecule has 3 nitrogen and oxygen atoms in total. The van der Waals surface area contributed by atoms with E-state index in [1.54, 1.807) is 0 Å². The molecule has 3 aromatic rings. The lowest BCUT2D eigenvalue weighted by Crippen LogP contribution is -2.43. The second-order valence-corrected chi connectivity index (χ2v) is 7.11. The van der Waals surface area contributed by atoms with Crippen molar-refractivity contribution in [2.24, 2.45) is 11.1 Å². The first-order valence-electron chi connectivity index (χ1n) is 9.46. The molecule has 0 amide bonds. The third-order valence-corrected chi connectivity index (χ3v) is 5.41. The highest BCUT2D eigenvalue weighted by Gasteiger charge is 2.36. The van der Waals surface area contributed by atoms with Gasteiger partial charge in [-0.2, -0.15) is 0 Å². The average Bonchev–Trinajstić information content (AvgIpc) is 2.76. The maximum absolute atomic E-state index is 9.83. The zero-order chi connectivity index (χ0) is 18.5. The van der Waals surface area contributed by atoms with E-state index in [1.165, 1.54) is 16.7 Å². The lowest BCUT2D eigenvalue weighted by atomic mass is 9.77. The molecule has 0 aromatic heterocycles. The van der Waals surface area contributed by atoms with Gasteiger partial charge in [-0.25, -0.2) is 0 Å². The van der Waals surface area contributed by atoms with Crippen LogP contribution in [0, 0.1) is 5.92 Å². The van der Waals surface area contributed by atoms with E-state index in [1.807, 2.05) is 18.2 Å². The molecule has 4 rings (SSSR count). The summed E-state index contributed by atoms with van der Waals surface area (Å²) in [4.78, 5) is 0. The van der Waals surface area contributed by atoms with Gasteiger partial charge in [0.2, 0.25) is 0 Å². The van der Waals surface area contributed by atoms with E-state index in [0.29, 0.717) is 6.42 Å². The summed E-state index contributed by atoms with van der Waals surface area (Å²) < 4.78 is 0. The van der Waals surface area contributed by atoms with Gasteiger partial charge in [0, 0.05) is 24.4 Å². The van der Waals surface area contributed by atoms with Crippen molar-refractivity contribution in [3.8, 4) is 0 Å². The molecular formula is C24H24N2O. The normalized spacial score (nSPS) is 24.0. The molecule has 3 aromatic carbocycles. The van der Waals surface area contributed by atoms with Crippen molar-refractivity contribution in [2.45, 2.75) is 24.9 Å². The fourth-order valence-electron chi connectivity index (χ4n) is 4.05. The highest BCUT2D eigenvalue weighted by atomic mass is 16.4. The first kappa shape index (κ1) is 17.5. The standard InChI is InChI=1S/C24H24N2O/c27-26-23-17-22(19-12-6-2-7-13-19)25-24(20-14-8-3-9-15-20)21(23)16-18-10-4-1-5-11-18/h1-15,21-22,24-25,27H,16-17H2/t21-,22+,24-/m1/s1. The van der Waals surface area contributed by atoms with Crippen molar-refractivity contribution in [3.05, 3.63) is 108 Å². The quantitative estimate of drug-likeness (QED) is 0.501. The van der Waals surface area contributed by atoms with E-state index in [-0.39, 0.29) is 18.0 Å². The summed E-state index contributed by atoms with van der Waals surface area (Å²) in [5.74, 6) is 0.111. The van der Waals surface area contributed by atoms with E-state index in [9.17, 15) is 5.21 Å². The smallest absolute Gasteiger partial charge is 0.0642 e. The minimum Gasteiger partial charge on any atom is -0.411 e. The minimum atomic E-state index is 0.0938. The fraction of sp³-hybridized carbons (Fsp3) is 0.208. The van der Waals surface area contributed by atoms with Crippen LogP contribution in [0.15, 0.2) is 96.2 Å². The van der Waals surface area contributed by atoms with E-state index in [2.05, 4.69) is 83.3 Å². The van der Waals surface area contributed by atoms with Crippen LogP contribution in [0.2, 0.25) is 0 Å². The molecule has 1 heterocycles. The number of hydrogen-bond donors (Lipinski definition) is 2. The molecule has 27 heavy (non-hydrogen) atoms. The van der Waals surface area contributed by atoms with E-state index in [4.69, 9.17) is 0 Å². The molecule has 1 fully saturated rings. The fourth-order valence-corrected chi connectivity index (χ4v) is 4.05. The molecule has 136 valence electrons. The summed E-state index contributed by atoms with van der Waals surface area (Å²) in [6.45, 7) is 0. The zero-order valence-electron chi connectivity index (χ0n) is 15.2. The molecule has 1 aliphatic rings. The van der Waals surface area contributed by atoms with Crippen molar-refractivity contribution in [3.63, 3.8) is 0 Å². The van der Waals surface area contributed by atoms with Gasteiger partial charge in [-0.15, -0.1) is 0 Å². The Kier molecular flexibility index (Phi) is 5.31. The number of nitrogens with one attached hydrogen (secondary N) is 1. The van der Waals surface area contributed by atoms with Crippen LogP contribution in [0.5, 0.6) is 0 Å². The van der Waals surface area contributed by atoms with Gasteiger partial charge in [0.1, 0.15) is 0 Å². The second kappa shape index (κ2) is 8.19. The number of hydrogen-bond acceptors (Lipinski definition) is 3. The molecule has 3 atom stereocenters. The van der Waals surface area contributed by atoms with Gasteiger partial charge in [0.05, 0.1) is 5.71 Å². The predicted octanol–water partition coefficient (Wildman–Crippen LogP) is 5.15. The Morgan fingerprint density at radius 1 is 0.778 bits per heavy atom. The molecule has 1 saturated heterocycles. The topological polar surface area (TPSA) is 44.6 Å². The van der Waals surface area contributed by atoms with Crippen molar-refractivity contribution < 1.29 is 5.21 Å². The first-order chi connectivity index (χ1) is 13.3. The van der Waals surface area contributed by atoms with Crippen molar-refractivity contribution >= 4 is 5.71 Å². The van der Waals surface area contributed by atoms with Crippen LogP contribution in [-0.2, 0) is 6.42 Å². The Morgan fingerprint density at radius 3 is 1.93 bits per heavy atom. The molecule has 1 aliphatic heterocycles. The summed E-state index contributed by atoms with van der Waals surface area (Å²) in [5.41, 5.74) is 4.56. The van der Waals surface area contributed by atoms with Crippen molar-refractivity contribution in [1.82, 2.24) is 5.32 Å². The summed E-state index contributed by atoms with van der Waals surface area (Å²) in [6.07, 6.45) is 1.55. The molecule has 0 saturated carbocycles. The van der Waals surface area contributed by atoms with Gasteiger partial charge in [0.25, 0.3) is 0 Å². The first-order valence-corrected chi connectivity index (χ1v) is 9.46. The third-order valence-electron chi connectivity index (χ3n) is 5.41. The number of benzene rings is 3. The van der Waals surface area contributed by atoms with Crippen LogP contribution in [0.4, 0.5) is 0 Å². The molecule has 3 heteroatoms. The lowest BCUT2D eigenvalue weighted by molar-refractivity contribution is 0.288. The Morgan fingerprint density at radius 2 is 1.33 bits per heavy atom. The van der Waals surface area contributed by atoms with E-state index < -0.39 is 0 Å². The summed E-state index contributed by atoms with van der Waals surface area (Å²) in [5, 5.41) is 17.4. The largest absolute Gasteiger partial charge is 0.411 e. The Hall–Kier alpha value is -2.91. The summed E-state index contributed by atoms with van der Waals surface area (Å²) >= 11 is 0. The van der Waals surface area contributed by atoms with Crippen LogP contribution in [0.1, 0.15) is 35.2 Å².